The molecule has 41 valence electrons. The maximum atomic E-state index is 10.5. The standard InChI is InChI=1S/C6H6NO/c1-5-4-6(8)2-3-7-5/h3H,2H2,1H3. The second-order valence-corrected chi connectivity index (χ2v) is 1.65. The average molecular weight is 108 g/mol. The maximum absolute atomic E-state index is 10.5. The van der Waals surface area contributed by atoms with Gasteiger partial charge in [0.1, 0.15) is 0 Å². The molecule has 1 rings (SSSR count). The highest BCUT2D eigenvalue weighted by Crippen LogP contribution is 1.99. The van der Waals surface area contributed by atoms with Crippen molar-refractivity contribution in [2.45, 2.75) is 13.3 Å². The van der Waals surface area contributed by atoms with Gasteiger partial charge in [-0.1, -0.05) is 0 Å². The van der Waals surface area contributed by atoms with Crippen LogP contribution in [0.1, 0.15) is 13.3 Å². The van der Waals surface area contributed by atoms with E-state index in [2.05, 4.69) is 11.1 Å². The molecule has 2 heteroatoms. The van der Waals surface area contributed by atoms with Crippen LogP contribution in [0.2, 0.25) is 0 Å². The predicted molar refractivity (Wildman–Crippen MR) is 30.5 cm³/mol. The summed E-state index contributed by atoms with van der Waals surface area (Å²) in [6.07, 6.45) is 4.58. The zero-order valence-electron chi connectivity index (χ0n) is 4.64. The SMILES string of the molecule is CC1=[C]C(=O)CC=N1. The number of allylic oxidation sites excluding steroid dienone is 2. The minimum atomic E-state index is 0.0255. The normalized spacial score (nSPS) is 18.6. The molecule has 8 heavy (non-hydrogen) atoms. The third-order valence-corrected chi connectivity index (χ3v) is 0.882. The Morgan fingerprint density at radius 2 is 2.62 bits per heavy atom. The van der Waals surface area contributed by atoms with E-state index >= 15 is 0 Å². The lowest BCUT2D eigenvalue weighted by atomic mass is 10.2. The monoisotopic (exact) mass is 108 g/mol. The van der Waals surface area contributed by atoms with E-state index in [1.54, 1.807) is 13.1 Å². The van der Waals surface area contributed by atoms with Crippen LogP contribution in [0.25, 0.3) is 0 Å². The molecule has 0 saturated heterocycles. The van der Waals surface area contributed by atoms with Crippen molar-refractivity contribution in [3.8, 4) is 0 Å². The highest BCUT2D eigenvalue weighted by Gasteiger charge is 2.00. The van der Waals surface area contributed by atoms with Crippen molar-refractivity contribution in [3.05, 3.63) is 11.8 Å². The second kappa shape index (κ2) is 1.90. The van der Waals surface area contributed by atoms with Crippen LogP contribution in [-0.2, 0) is 4.79 Å². The molecule has 0 atom stereocenters. The number of aliphatic imine (C=N–C) groups is 1. The summed E-state index contributed by atoms with van der Waals surface area (Å²) >= 11 is 0. The van der Waals surface area contributed by atoms with E-state index < -0.39 is 0 Å². The molecule has 2 nitrogen and oxygen atoms in total. The molecule has 1 heterocycles. The van der Waals surface area contributed by atoms with Crippen molar-refractivity contribution < 1.29 is 4.79 Å². The van der Waals surface area contributed by atoms with Gasteiger partial charge in [0.15, 0.2) is 5.78 Å². The summed E-state index contributed by atoms with van der Waals surface area (Å²) in [4.78, 5) is 14.3. The first-order chi connectivity index (χ1) is 3.79. The van der Waals surface area contributed by atoms with Gasteiger partial charge in [0.05, 0.1) is 6.08 Å². The molecule has 0 aliphatic carbocycles. The molecule has 0 aromatic rings. The highest BCUT2D eigenvalue weighted by atomic mass is 16.1. The Morgan fingerprint density at radius 3 is 3.00 bits per heavy atom. The topological polar surface area (TPSA) is 29.4 Å². The van der Waals surface area contributed by atoms with Crippen molar-refractivity contribution >= 4 is 12.0 Å². The zero-order valence-corrected chi connectivity index (χ0v) is 4.64. The minimum Gasteiger partial charge on any atom is -0.294 e. The van der Waals surface area contributed by atoms with Crippen molar-refractivity contribution in [1.29, 1.82) is 0 Å². The Kier molecular flexibility index (Phi) is 1.24. The van der Waals surface area contributed by atoms with Gasteiger partial charge in [-0.05, 0) is 6.92 Å². The molecule has 1 aliphatic heterocycles. The van der Waals surface area contributed by atoms with Crippen LogP contribution in [0.4, 0.5) is 0 Å². The Bertz CT molecular complexity index is 167. The molecular formula is C6H6NO. The average Bonchev–Trinajstić information content (AvgIpc) is 1.64. The van der Waals surface area contributed by atoms with Crippen LogP contribution in [-0.4, -0.2) is 12.0 Å². The molecule has 0 unspecified atom stereocenters. The van der Waals surface area contributed by atoms with Gasteiger partial charge >= 0.3 is 0 Å². The molecule has 0 bridgehead atoms. The summed E-state index contributed by atoms with van der Waals surface area (Å²) in [5.41, 5.74) is 0.682. The van der Waals surface area contributed by atoms with Gasteiger partial charge in [0.25, 0.3) is 0 Å². The van der Waals surface area contributed by atoms with Crippen LogP contribution >= 0.6 is 0 Å². The summed E-state index contributed by atoms with van der Waals surface area (Å²) in [6.45, 7) is 1.76. The fourth-order valence-electron chi connectivity index (χ4n) is 0.551. The molecule has 1 aliphatic rings. The van der Waals surface area contributed by atoms with Crippen LogP contribution in [0.3, 0.4) is 0 Å². The van der Waals surface area contributed by atoms with Crippen LogP contribution < -0.4 is 0 Å². The van der Waals surface area contributed by atoms with E-state index in [-0.39, 0.29) is 5.78 Å². The van der Waals surface area contributed by atoms with Crippen molar-refractivity contribution in [3.63, 3.8) is 0 Å². The molecule has 0 saturated carbocycles. The number of carbonyl (C=O) groups excluding carboxylic acids is 1. The number of rotatable bonds is 0. The lowest BCUT2D eigenvalue weighted by molar-refractivity contribution is -0.114. The van der Waals surface area contributed by atoms with Gasteiger partial charge in [-0.2, -0.15) is 0 Å². The molecule has 0 aromatic heterocycles. The third-order valence-electron chi connectivity index (χ3n) is 0.882. The summed E-state index contributed by atoms with van der Waals surface area (Å²) < 4.78 is 0. The number of hydrogen-bond acceptors (Lipinski definition) is 2. The van der Waals surface area contributed by atoms with Gasteiger partial charge in [0, 0.05) is 18.3 Å². The van der Waals surface area contributed by atoms with Gasteiger partial charge in [-0.15, -0.1) is 0 Å². The minimum absolute atomic E-state index is 0.0255. The van der Waals surface area contributed by atoms with E-state index in [0.29, 0.717) is 12.1 Å². The number of ketones is 1. The fraction of sp³-hybridized carbons (Fsp3) is 0.333. The molecule has 0 aromatic carbocycles. The first kappa shape index (κ1) is 5.22. The summed E-state index contributed by atoms with van der Waals surface area (Å²) in [5.74, 6) is 0.0255. The first-order valence-electron chi connectivity index (χ1n) is 2.45. The van der Waals surface area contributed by atoms with E-state index in [0.717, 1.165) is 0 Å². The smallest absolute Gasteiger partial charge is 0.170 e. The molecule has 0 amide bonds. The van der Waals surface area contributed by atoms with Crippen LogP contribution in [0.15, 0.2) is 10.7 Å². The van der Waals surface area contributed by atoms with E-state index in [1.165, 1.54) is 0 Å². The third kappa shape index (κ3) is 1.03. The fourth-order valence-corrected chi connectivity index (χ4v) is 0.551. The summed E-state index contributed by atoms with van der Waals surface area (Å²) in [7, 11) is 0. The van der Waals surface area contributed by atoms with Gasteiger partial charge in [0.2, 0.25) is 0 Å². The van der Waals surface area contributed by atoms with Gasteiger partial charge in [-0.3, -0.25) is 9.79 Å². The van der Waals surface area contributed by atoms with E-state index in [4.69, 9.17) is 0 Å². The van der Waals surface area contributed by atoms with Crippen molar-refractivity contribution in [1.82, 2.24) is 0 Å². The Labute approximate surface area is 47.9 Å². The Morgan fingerprint density at radius 1 is 1.88 bits per heavy atom. The number of carbonyl (C=O) groups is 1. The molecule has 0 spiro atoms. The van der Waals surface area contributed by atoms with E-state index in [9.17, 15) is 4.79 Å². The number of nitrogens with zero attached hydrogens (tertiary/aromatic N) is 1. The largest absolute Gasteiger partial charge is 0.294 e. The van der Waals surface area contributed by atoms with Gasteiger partial charge in [-0.25, -0.2) is 0 Å². The van der Waals surface area contributed by atoms with Gasteiger partial charge < -0.3 is 0 Å². The number of Topliss-reactive ketones (excluding diaryl/α,β-unsaturated/α-hetero) is 1. The second-order valence-electron chi connectivity index (χ2n) is 1.65. The molecule has 0 N–H and O–H groups in total. The molecule has 1 radical (unpaired) electrons. The quantitative estimate of drug-likeness (QED) is 0.450. The lowest BCUT2D eigenvalue weighted by Crippen LogP contribution is -1.99. The summed E-state index contributed by atoms with van der Waals surface area (Å²) in [5, 5.41) is 0. The number of hydrogen-bond donors (Lipinski definition) is 0. The van der Waals surface area contributed by atoms with Crippen molar-refractivity contribution in [2.24, 2.45) is 4.99 Å². The maximum Gasteiger partial charge on any atom is 0.170 e. The van der Waals surface area contributed by atoms with E-state index in [1.807, 2.05) is 0 Å². The Balaban J connectivity index is 2.77. The van der Waals surface area contributed by atoms with Crippen molar-refractivity contribution in [2.75, 3.05) is 0 Å². The molecule has 0 fully saturated rings. The molecular weight excluding hydrogens is 102 g/mol. The summed E-state index contributed by atoms with van der Waals surface area (Å²) in [6, 6.07) is 0. The van der Waals surface area contributed by atoms with Crippen LogP contribution in [0, 0.1) is 6.08 Å². The zero-order chi connectivity index (χ0) is 5.98. The lowest BCUT2D eigenvalue weighted by Gasteiger charge is -1.95. The predicted octanol–water partition coefficient (Wildman–Crippen LogP) is 0.737. The Hall–Kier alpha value is -0.920. The highest BCUT2D eigenvalue weighted by molar-refractivity contribution is 5.98. The first-order valence-corrected chi connectivity index (χ1v) is 2.45. The van der Waals surface area contributed by atoms with Crippen LogP contribution in [0.5, 0.6) is 0 Å².